The first-order chi connectivity index (χ1) is 8.65. The van der Waals surface area contributed by atoms with Crippen molar-refractivity contribution in [3.05, 3.63) is 29.8 Å². The fourth-order valence-corrected chi connectivity index (χ4v) is 1.85. The second kappa shape index (κ2) is 7.88. The van der Waals surface area contributed by atoms with Gasteiger partial charge in [0.1, 0.15) is 0 Å². The molecule has 0 aliphatic carbocycles. The molecule has 0 unspecified atom stereocenters. The molecule has 1 rings (SSSR count). The minimum Gasteiger partial charge on any atom is -0.330 e. The Balaban J connectivity index is 2.34. The molecule has 0 saturated heterocycles. The lowest BCUT2D eigenvalue weighted by molar-refractivity contribution is -0.118. The smallest absolute Gasteiger partial charge is 0.226 e. The molecule has 0 radical (unpaired) electrons. The first-order valence-electron chi connectivity index (χ1n) is 6.68. The Kier molecular flexibility index (Phi) is 6.44. The third-order valence-corrected chi connectivity index (χ3v) is 3.14. The van der Waals surface area contributed by atoms with Crippen LogP contribution in [0.25, 0.3) is 0 Å². The number of anilines is 1. The molecular formula is C15H24N2O. The second-order valence-electron chi connectivity index (χ2n) is 4.74. The third kappa shape index (κ3) is 4.88. The van der Waals surface area contributed by atoms with Gasteiger partial charge in [-0.05, 0) is 38.4 Å². The maximum absolute atomic E-state index is 12.0. The van der Waals surface area contributed by atoms with Gasteiger partial charge in [-0.1, -0.05) is 30.5 Å². The van der Waals surface area contributed by atoms with Gasteiger partial charge in [0.15, 0.2) is 0 Å². The molecule has 1 aromatic carbocycles. The number of carbonyl (C=O) groups is 1. The molecule has 0 aromatic heterocycles. The summed E-state index contributed by atoms with van der Waals surface area (Å²) in [6.07, 6.45) is 4.84. The Morgan fingerprint density at radius 2 is 1.72 bits per heavy atom. The van der Waals surface area contributed by atoms with Crippen LogP contribution < -0.4 is 10.6 Å². The lowest BCUT2D eigenvalue weighted by Gasteiger charge is -2.17. The van der Waals surface area contributed by atoms with Crippen molar-refractivity contribution in [1.82, 2.24) is 0 Å². The van der Waals surface area contributed by atoms with Gasteiger partial charge in [-0.3, -0.25) is 4.79 Å². The number of rotatable bonds is 7. The number of unbranched alkanes of at least 4 members (excludes halogenated alkanes) is 3. The molecule has 0 atom stereocenters. The first-order valence-corrected chi connectivity index (χ1v) is 6.68. The molecule has 0 aliphatic rings. The zero-order chi connectivity index (χ0) is 13.4. The molecule has 1 aromatic rings. The summed E-state index contributed by atoms with van der Waals surface area (Å²) in [5, 5.41) is 0. The zero-order valence-corrected chi connectivity index (χ0v) is 11.5. The number of nitrogens with zero attached hydrogens (tertiary/aromatic N) is 1. The van der Waals surface area contributed by atoms with E-state index < -0.39 is 0 Å². The minimum atomic E-state index is 0.187. The van der Waals surface area contributed by atoms with Gasteiger partial charge >= 0.3 is 0 Å². The molecule has 0 aliphatic heterocycles. The van der Waals surface area contributed by atoms with E-state index in [-0.39, 0.29) is 5.91 Å². The number of carbonyl (C=O) groups excluding carboxylic acids is 1. The highest BCUT2D eigenvalue weighted by molar-refractivity contribution is 5.92. The number of aryl methyl sites for hydroxylation is 1. The largest absolute Gasteiger partial charge is 0.330 e. The van der Waals surface area contributed by atoms with Gasteiger partial charge < -0.3 is 10.6 Å². The molecule has 2 N–H and O–H groups in total. The number of nitrogens with two attached hydrogens (primary N) is 1. The fourth-order valence-electron chi connectivity index (χ4n) is 1.85. The summed E-state index contributed by atoms with van der Waals surface area (Å²) in [6.45, 7) is 2.79. The SMILES string of the molecule is Cc1ccc(N(C)C(=O)CCCCCCN)cc1. The first kappa shape index (κ1) is 14.7. The average molecular weight is 248 g/mol. The summed E-state index contributed by atoms with van der Waals surface area (Å²) in [7, 11) is 1.84. The molecule has 18 heavy (non-hydrogen) atoms. The topological polar surface area (TPSA) is 46.3 Å². The summed E-state index contributed by atoms with van der Waals surface area (Å²) in [5.41, 5.74) is 7.61. The Morgan fingerprint density at radius 3 is 2.33 bits per heavy atom. The molecule has 100 valence electrons. The molecule has 0 saturated carbocycles. The Hall–Kier alpha value is -1.35. The van der Waals surface area contributed by atoms with Crippen LogP contribution in [0.5, 0.6) is 0 Å². The van der Waals surface area contributed by atoms with Crippen molar-refractivity contribution < 1.29 is 4.79 Å². The van der Waals surface area contributed by atoms with Crippen LogP contribution in [0.15, 0.2) is 24.3 Å². The average Bonchev–Trinajstić information content (AvgIpc) is 2.38. The van der Waals surface area contributed by atoms with E-state index >= 15 is 0 Å². The summed E-state index contributed by atoms with van der Waals surface area (Å²) < 4.78 is 0. The van der Waals surface area contributed by atoms with Gasteiger partial charge in [0, 0.05) is 19.2 Å². The number of benzene rings is 1. The van der Waals surface area contributed by atoms with E-state index in [1.165, 1.54) is 5.56 Å². The Morgan fingerprint density at radius 1 is 1.11 bits per heavy atom. The van der Waals surface area contributed by atoms with Gasteiger partial charge in [-0.25, -0.2) is 0 Å². The highest BCUT2D eigenvalue weighted by Crippen LogP contribution is 2.15. The molecule has 0 fully saturated rings. The fraction of sp³-hybridized carbons (Fsp3) is 0.533. The van der Waals surface area contributed by atoms with Crippen molar-refractivity contribution in [2.45, 2.75) is 39.0 Å². The third-order valence-electron chi connectivity index (χ3n) is 3.14. The summed E-state index contributed by atoms with van der Waals surface area (Å²) in [6, 6.07) is 8.03. The van der Waals surface area contributed by atoms with E-state index in [2.05, 4.69) is 0 Å². The number of hydrogen-bond donors (Lipinski definition) is 1. The highest BCUT2D eigenvalue weighted by Gasteiger charge is 2.09. The maximum Gasteiger partial charge on any atom is 0.226 e. The molecule has 3 nitrogen and oxygen atoms in total. The van der Waals surface area contributed by atoms with Gasteiger partial charge in [0.2, 0.25) is 5.91 Å². The molecular weight excluding hydrogens is 224 g/mol. The molecule has 0 bridgehead atoms. The number of amides is 1. The minimum absolute atomic E-state index is 0.187. The standard InChI is InChI=1S/C15H24N2O/c1-13-8-10-14(11-9-13)17(2)15(18)7-5-3-4-6-12-16/h8-11H,3-7,12,16H2,1-2H3. The van der Waals surface area contributed by atoms with Crippen LogP contribution in [0.3, 0.4) is 0 Å². The highest BCUT2D eigenvalue weighted by atomic mass is 16.2. The Labute approximate surface area is 110 Å². The van der Waals surface area contributed by atoms with E-state index in [4.69, 9.17) is 5.73 Å². The van der Waals surface area contributed by atoms with Gasteiger partial charge in [0.05, 0.1) is 0 Å². The second-order valence-corrected chi connectivity index (χ2v) is 4.74. The summed E-state index contributed by atoms with van der Waals surface area (Å²) in [5.74, 6) is 0.187. The predicted molar refractivity (Wildman–Crippen MR) is 76.7 cm³/mol. The van der Waals surface area contributed by atoms with Crippen molar-refractivity contribution in [2.75, 3.05) is 18.5 Å². The van der Waals surface area contributed by atoms with E-state index in [9.17, 15) is 4.79 Å². The van der Waals surface area contributed by atoms with Crippen LogP contribution in [0, 0.1) is 6.92 Å². The van der Waals surface area contributed by atoms with E-state index in [0.29, 0.717) is 6.42 Å². The molecule has 1 amide bonds. The maximum atomic E-state index is 12.0. The summed E-state index contributed by atoms with van der Waals surface area (Å²) in [4.78, 5) is 13.7. The predicted octanol–water partition coefficient (Wildman–Crippen LogP) is 2.87. The quantitative estimate of drug-likeness (QED) is 0.754. The Bertz CT molecular complexity index is 359. The van der Waals surface area contributed by atoms with Gasteiger partial charge in [-0.15, -0.1) is 0 Å². The lowest BCUT2D eigenvalue weighted by Crippen LogP contribution is -2.25. The molecule has 0 spiro atoms. The summed E-state index contributed by atoms with van der Waals surface area (Å²) >= 11 is 0. The van der Waals surface area contributed by atoms with Crippen molar-refractivity contribution in [3.8, 4) is 0 Å². The van der Waals surface area contributed by atoms with Crippen LogP contribution in [-0.2, 0) is 4.79 Å². The monoisotopic (exact) mass is 248 g/mol. The lowest BCUT2D eigenvalue weighted by atomic mass is 10.1. The molecule has 0 heterocycles. The van der Waals surface area contributed by atoms with Gasteiger partial charge in [0.25, 0.3) is 0 Å². The number of hydrogen-bond acceptors (Lipinski definition) is 2. The van der Waals surface area contributed by atoms with Crippen LogP contribution >= 0.6 is 0 Å². The van der Waals surface area contributed by atoms with Crippen LogP contribution in [0.2, 0.25) is 0 Å². The van der Waals surface area contributed by atoms with E-state index in [1.807, 2.05) is 38.2 Å². The van der Waals surface area contributed by atoms with Crippen molar-refractivity contribution in [3.63, 3.8) is 0 Å². The van der Waals surface area contributed by atoms with Crippen molar-refractivity contribution in [1.29, 1.82) is 0 Å². The van der Waals surface area contributed by atoms with Crippen LogP contribution in [-0.4, -0.2) is 19.5 Å². The normalized spacial score (nSPS) is 10.4. The van der Waals surface area contributed by atoms with Crippen molar-refractivity contribution >= 4 is 11.6 Å². The van der Waals surface area contributed by atoms with Crippen LogP contribution in [0.1, 0.15) is 37.7 Å². The van der Waals surface area contributed by atoms with E-state index in [1.54, 1.807) is 4.90 Å². The van der Waals surface area contributed by atoms with Crippen molar-refractivity contribution in [2.24, 2.45) is 5.73 Å². The zero-order valence-electron chi connectivity index (χ0n) is 11.5. The van der Waals surface area contributed by atoms with Gasteiger partial charge in [-0.2, -0.15) is 0 Å². The molecule has 3 heteroatoms. The van der Waals surface area contributed by atoms with E-state index in [0.717, 1.165) is 37.9 Å². The van der Waals surface area contributed by atoms with Crippen LogP contribution in [0.4, 0.5) is 5.69 Å².